The molecule has 1 aliphatic heterocycles. The van der Waals surface area contributed by atoms with Gasteiger partial charge in [0.1, 0.15) is 0 Å². The van der Waals surface area contributed by atoms with Crippen LogP contribution >= 0.6 is 11.6 Å². The second-order valence-electron chi connectivity index (χ2n) is 7.66. The second-order valence-corrected chi connectivity index (χ2v) is 8.10. The molecule has 0 amide bonds. The number of allylic oxidation sites excluding steroid dienone is 1. The van der Waals surface area contributed by atoms with Gasteiger partial charge >= 0.3 is 0 Å². The number of fused-ring (bicyclic) bond motifs is 1. The van der Waals surface area contributed by atoms with Crippen LogP contribution in [0.1, 0.15) is 56.7 Å². The van der Waals surface area contributed by atoms with Gasteiger partial charge in [0.25, 0.3) is 0 Å². The Bertz CT molecular complexity index is 889. The molecule has 1 heterocycles. The highest BCUT2D eigenvalue weighted by molar-refractivity contribution is 6.30. The van der Waals surface area contributed by atoms with Gasteiger partial charge < -0.3 is 4.90 Å². The van der Waals surface area contributed by atoms with E-state index in [1.54, 1.807) is 0 Å². The predicted molar refractivity (Wildman–Crippen MR) is 112 cm³/mol. The molecule has 0 radical (unpaired) electrons. The number of anilines is 1. The van der Waals surface area contributed by atoms with Gasteiger partial charge in [-0.05, 0) is 80.1 Å². The second kappa shape index (κ2) is 7.17. The fraction of sp³-hybridized carbons (Fsp3) is 0.348. The molecule has 0 fully saturated rings. The van der Waals surface area contributed by atoms with Crippen LogP contribution in [0.5, 0.6) is 0 Å². The average molecular weight is 365 g/mol. The Morgan fingerprint density at radius 3 is 2.73 bits per heavy atom. The summed E-state index contributed by atoms with van der Waals surface area (Å²) in [6.45, 7) is 10.1. The summed E-state index contributed by atoms with van der Waals surface area (Å²) in [6, 6.07) is 16.3. The van der Waals surface area contributed by atoms with E-state index < -0.39 is 0 Å². The van der Waals surface area contributed by atoms with Gasteiger partial charge in [-0.3, -0.25) is 0 Å². The molecule has 0 bridgehead atoms. The molecule has 1 unspecified atom stereocenters. The molecular formula is C23H25ClN2. The normalized spacial score (nSPS) is 19.0. The first-order chi connectivity index (χ1) is 12.4. The molecule has 0 aliphatic carbocycles. The molecule has 1 aliphatic rings. The molecule has 26 heavy (non-hydrogen) atoms. The third-order valence-corrected chi connectivity index (χ3v) is 5.53. The van der Waals surface area contributed by atoms with Gasteiger partial charge in [0.2, 0.25) is 0 Å². The molecule has 3 rings (SSSR count). The van der Waals surface area contributed by atoms with Crippen LogP contribution in [0, 0.1) is 11.3 Å². The zero-order valence-corrected chi connectivity index (χ0v) is 16.6. The van der Waals surface area contributed by atoms with Crippen molar-refractivity contribution in [1.82, 2.24) is 0 Å². The highest BCUT2D eigenvalue weighted by Crippen LogP contribution is 2.43. The summed E-state index contributed by atoms with van der Waals surface area (Å²) in [4.78, 5) is 2.48. The Morgan fingerprint density at radius 1 is 1.31 bits per heavy atom. The van der Waals surface area contributed by atoms with Gasteiger partial charge in [-0.15, -0.1) is 0 Å². The van der Waals surface area contributed by atoms with E-state index >= 15 is 0 Å². The van der Waals surface area contributed by atoms with Crippen molar-refractivity contribution in [2.24, 2.45) is 0 Å². The fourth-order valence-corrected chi connectivity index (χ4v) is 4.39. The Balaban J connectivity index is 2.04. The lowest BCUT2D eigenvalue weighted by Crippen LogP contribution is -2.48. The lowest BCUT2D eigenvalue weighted by Gasteiger charge is -2.47. The molecule has 3 heteroatoms. The standard InChI is InChI=1S/C23H25ClN2/c1-5-26-22-10-9-17(12-21(22)16(2)14-23(26,3)4)11-19(15-25)18-7-6-8-20(24)13-18/h6-13,16H,5,14H2,1-4H3/b19-11+. The molecule has 1 atom stereocenters. The molecule has 0 N–H and O–H groups in total. The first-order valence-electron chi connectivity index (χ1n) is 9.15. The zero-order chi connectivity index (χ0) is 18.9. The number of hydrogen-bond acceptors (Lipinski definition) is 2. The number of nitriles is 1. The van der Waals surface area contributed by atoms with Crippen molar-refractivity contribution in [2.45, 2.75) is 45.6 Å². The SMILES string of the molecule is CCN1c2ccc(/C=C(\C#N)c3cccc(Cl)c3)cc2C(C)CC1(C)C. The molecule has 2 aromatic rings. The molecule has 2 nitrogen and oxygen atoms in total. The van der Waals surface area contributed by atoms with Crippen LogP contribution in [0.25, 0.3) is 11.6 Å². The van der Waals surface area contributed by atoms with Gasteiger partial charge in [-0.2, -0.15) is 5.26 Å². The minimum atomic E-state index is 0.164. The first kappa shape index (κ1) is 18.5. The van der Waals surface area contributed by atoms with Crippen LogP contribution in [-0.4, -0.2) is 12.1 Å². The number of rotatable bonds is 3. The summed E-state index contributed by atoms with van der Waals surface area (Å²) in [5.41, 5.74) is 5.38. The van der Waals surface area contributed by atoms with Crippen LogP contribution in [0.3, 0.4) is 0 Å². The molecule has 134 valence electrons. The predicted octanol–water partition coefficient (Wildman–Crippen LogP) is 6.52. The molecular weight excluding hydrogens is 340 g/mol. The largest absolute Gasteiger partial charge is 0.366 e. The van der Waals surface area contributed by atoms with Gasteiger partial charge in [-0.25, -0.2) is 0 Å². The molecule has 0 aromatic heterocycles. The number of halogens is 1. The van der Waals surface area contributed by atoms with Crippen LogP contribution in [0.2, 0.25) is 5.02 Å². The summed E-state index contributed by atoms with van der Waals surface area (Å²) in [7, 11) is 0. The fourth-order valence-electron chi connectivity index (χ4n) is 4.20. The average Bonchev–Trinajstić information content (AvgIpc) is 2.59. The lowest BCUT2D eigenvalue weighted by molar-refractivity contribution is 0.381. The van der Waals surface area contributed by atoms with E-state index in [1.807, 2.05) is 30.3 Å². The monoisotopic (exact) mass is 364 g/mol. The zero-order valence-electron chi connectivity index (χ0n) is 15.9. The van der Waals surface area contributed by atoms with Crippen molar-refractivity contribution in [1.29, 1.82) is 5.26 Å². The third-order valence-electron chi connectivity index (χ3n) is 5.29. The van der Waals surface area contributed by atoms with E-state index in [1.165, 1.54) is 11.3 Å². The van der Waals surface area contributed by atoms with E-state index in [-0.39, 0.29) is 5.54 Å². The Morgan fingerprint density at radius 2 is 2.08 bits per heavy atom. The summed E-state index contributed by atoms with van der Waals surface area (Å²) < 4.78 is 0. The molecule has 0 spiro atoms. The number of hydrogen-bond donors (Lipinski definition) is 0. The maximum absolute atomic E-state index is 9.60. The van der Waals surface area contributed by atoms with Crippen molar-refractivity contribution in [3.05, 3.63) is 64.2 Å². The van der Waals surface area contributed by atoms with Crippen molar-refractivity contribution in [3.63, 3.8) is 0 Å². The highest BCUT2D eigenvalue weighted by atomic mass is 35.5. The van der Waals surface area contributed by atoms with Crippen LogP contribution < -0.4 is 4.90 Å². The van der Waals surface area contributed by atoms with Crippen molar-refractivity contribution in [2.75, 3.05) is 11.4 Å². The van der Waals surface area contributed by atoms with Gasteiger partial charge in [0, 0.05) is 22.8 Å². The topological polar surface area (TPSA) is 27.0 Å². The lowest BCUT2D eigenvalue weighted by atomic mass is 9.79. The smallest absolute Gasteiger partial charge is 0.0998 e. The van der Waals surface area contributed by atoms with Gasteiger partial charge in [-0.1, -0.05) is 36.7 Å². The first-order valence-corrected chi connectivity index (χ1v) is 9.53. The minimum absolute atomic E-state index is 0.164. The quantitative estimate of drug-likeness (QED) is 0.458. The van der Waals surface area contributed by atoms with Gasteiger partial charge in [0.05, 0.1) is 11.6 Å². The Labute approximate surface area is 161 Å². The summed E-state index contributed by atoms with van der Waals surface area (Å²) in [5, 5.41) is 10.2. The number of nitrogens with zero attached hydrogens (tertiary/aromatic N) is 2. The molecule has 0 saturated heterocycles. The summed E-state index contributed by atoms with van der Waals surface area (Å²) >= 11 is 6.08. The Kier molecular flexibility index (Phi) is 5.12. The van der Waals surface area contributed by atoms with Crippen LogP contribution in [0.4, 0.5) is 5.69 Å². The Hall–Kier alpha value is -2.24. The maximum Gasteiger partial charge on any atom is 0.0998 e. The van der Waals surface area contributed by atoms with E-state index in [0.717, 1.165) is 24.1 Å². The van der Waals surface area contributed by atoms with E-state index in [9.17, 15) is 5.26 Å². The maximum atomic E-state index is 9.60. The van der Waals surface area contributed by atoms with Crippen molar-refractivity contribution < 1.29 is 0 Å². The van der Waals surface area contributed by atoms with Crippen LogP contribution in [0.15, 0.2) is 42.5 Å². The van der Waals surface area contributed by atoms with Crippen molar-refractivity contribution in [3.8, 4) is 6.07 Å². The van der Waals surface area contributed by atoms with Gasteiger partial charge in [0.15, 0.2) is 0 Å². The van der Waals surface area contributed by atoms with Crippen LogP contribution in [-0.2, 0) is 0 Å². The summed E-state index contributed by atoms with van der Waals surface area (Å²) in [5.74, 6) is 0.493. The van der Waals surface area contributed by atoms with E-state index in [0.29, 0.717) is 16.5 Å². The molecule has 0 saturated carbocycles. The third kappa shape index (κ3) is 3.50. The molecule has 2 aromatic carbocycles. The highest BCUT2D eigenvalue weighted by Gasteiger charge is 2.35. The van der Waals surface area contributed by atoms with Crippen molar-refractivity contribution >= 4 is 28.9 Å². The van der Waals surface area contributed by atoms with E-state index in [4.69, 9.17) is 11.6 Å². The summed E-state index contributed by atoms with van der Waals surface area (Å²) in [6.07, 6.45) is 3.08. The van der Waals surface area contributed by atoms with E-state index in [2.05, 4.69) is 56.9 Å². The minimum Gasteiger partial charge on any atom is -0.366 e. The number of benzene rings is 2.